The highest BCUT2D eigenvalue weighted by molar-refractivity contribution is 5.13. The maximum Gasteiger partial charge on any atom is 0.0952 e. The third-order valence-corrected chi connectivity index (χ3v) is 1.52. The van der Waals surface area contributed by atoms with Crippen molar-refractivity contribution in [1.82, 2.24) is 4.98 Å². The minimum absolute atomic E-state index is 0.251. The standard InChI is InChI=1S/C8H12N2O/c1-6(9)8(11)7-3-2-4-10-5-7/h2-6,8,11H,9H2,1H3/t6-,8+/m0/s1. The summed E-state index contributed by atoms with van der Waals surface area (Å²) in [5.74, 6) is 0. The monoisotopic (exact) mass is 152 g/mol. The van der Waals surface area contributed by atoms with E-state index in [0.29, 0.717) is 0 Å². The van der Waals surface area contributed by atoms with Crippen LogP contribution in [0.1, 0.15) is 18.6 Å². The summed E-state index contributed by atoms with van der Waals surface area (Å²) in [4.78, 5) is 3.87. The molecule has 3 N–H and O–H groups in total. The van der Waals surface area contributed by atoms with Gasteiger partial charge in [-0.2, -0.15) is 0 Å². The Morgan fingerprint density at radius 2 is 2.36 bits per heavy atom. The molecule has 0 aliphatic carbocycles. The molecule has 0 radical (unpaired) electrons. The minimum atomic E-state index is -0.608. The van der Waals surface area contributed by atoms with Crippen molar-refractivity contribution in [3.05, 3.63) is 30.1 Å². The Morgan fingerprint density at radius 1 is 1.64 bits per heavy atom. The average Bonchev–Trinajstić information content (AvgIpc) is 2.05. The summed E-state index contributed by atoms with van der Waals surface area (Å²) in [5, 5.41) is 9.43. The highest BCUT2D eigenvalue weighted by atomic mass is 16.3. The van der Waals surface area contributed by atoms with Gasteiger partial charge in [0.25, 0.3) is 0 Å². The average molecular weight is 152 g/mol. The van der Waals surface area contributed by atoms with Gasteiger partial charge in [0.2, 0.25) is 0 Å². The Hall–Kier alpha value is -0.930. The molecular weight excluding hydrogens is 140 g/mol. The Bertz CT molecular complexity index is 211. The predicted octanol–water partition coefficient (Wildman–Crippen LogP) is 0.462. The van der Waals surface area contributed by atoms with Gasteiger partial charge in [-0.15, -0.1) is 0 Å². The summed E-state index contributed by atoms with van der Waals surface area (Å²) in [6.07, 6.45) is 2.68. The fraction of sp³-hybridized carbons (Fsp3) is 0.375. The lowest BCUT2D eigenvalue weighted by atomic mass is 10.1. The fourth-order valence-electron chi connectivity index (χ4n) is 0.854. The maximum absolute atomic E-state index is 9.43. The van der Waals surface area contributed by atoms with Gasteiger partial charge in [-0.3, -0.25) is 4.98 Å². The Labute approximate surface area is 65.9 Å². The van der Waals surface area contributed by atoms with Gasteiger partial charge in [0.15, 0.2) is 0 Å². The number of pyridine rings is 1. The van der Waals surface area contributed by atoms with E-state index < -0.39 is 6.10 Å². The second kappa shape index (κ2) is 3.46. The first-order valence-electron chi connectivity index (χ1n) is 3.55. The van der Waals surface area contributed by atoms with Gasteiger partial charge in [-0.1, -0.05) is 6.07 Å². The third-order valence-electron chi connectivity index (χ3n) is 1.52. The van der Waals surface area contributed by atoms with Crippen molar-refractivity contribution in [3.8, 4) is 0 Å². The van der Waals surface area contributed by atoms with Crippen LogP contribution in [0.3, 0.4) is 0 Å². The number of nitrogens with two attached hydrogens (primary N) is 1. The van der Waals surface area contributed by atoms with Gasteiger partial charge in [-0.05, 0) is 13.0 Å². The number of aromatic nitrogens is 1. The molecule has 0 fully saturated rings. The van der Waals surface area contributed by atoms with Crippen molar-refractivity contribution in [2.45, 2.75) is 19.1 Å². The van der Waals surface area contributed by atoms with Crippen molar-refractivity contribution < 1.29 is 5.11 Å². The number of nitrogens with zero attached hydrogens (tertiary/aromatic N) is 1. The van der Waals surface area contributed by atoms with Crippen LogP contribution in [0.5, 0.6) is 0 Å². The molecule has 0 aliphatic rings. The first-order chi connectivity index (χ1) is 5.22. The molecule has 0 unspecified atom stereocenters. The molecule has 0 saturated carbocycles. The predicted molar refractivity (Wildman–Crippen MR) is 42.8 cm³/mol. The zero-order valence-corrected chi connectivity index (χ0v) is 6.44. The number of hydrogen-bond donors (Lipinski definition) is 2. The van der Waals surface area contributed by atoms with Crippen LogP contribution in [0.15, 0.2) is 24.5 Å². The van der Waals surface area contributed by atoms with Gasteiger partial charge in [0, 0.05) is 24.0 Å². The van der Waals surface area contributed by atoms with Crippen LogP contribution in [0.4, 0.5) is 0 Å². The fourth-order valence-corrected chi connectivity index (χ4v) is 0.854. The number of hydrogen-bond acceptors (Lipinski definition) is 3. The molecule has 0 bridgehead atoms. The molecule has 3 nitrogen and oxygen atoms in total. The van der Waals surface area contributed by atoms with Crippen LogP contribution in [-0.4, -0.2) is 16.1 Å². The van der Waals surface area contributed by atoms with Gasteiger partial charge >= 0.3 is 0 Å². The van der Waals surface area contributed by atoms with Crippen molar-refractivity contribution in [3.63, 3.8) is 0 Å². The summed E-state index contributed by atoms with van der Waals surface area (Å²) in [6, 6.07) is 3.33. The van der Waals surface area contributed by atoms with Gasteiger partial charge in [-0.25, -0.2) is 0 Å². The molecule has 60 valence electrons. The second-order valence-electron chi connectivity index (χ2n) is 2.59. The third kappa shape index (κ3) is 2.00. The van der Waals surface area contributed by atoms with Crippen LogP contribution < -0.4 is 5.73 Å². The van der Waals surface area contributed by atoms with E-state index in [1.807, 2.05) is 0 Å². The lowest BCUT2D eigenvalue weighted by Gasteiger charge is -2.13. The Balaban J connectivity index is 2.77. The quantitative estimate of drug-likeness (QED) is 0.647. The summed E-state index contributed by atoms with van der Waals surface area (Å²) < 4.78 is 0. The number of aliphatic hydroxyl groups is 1. The topological polar surface area (TPSA) is 59.1 Å². The van der Waals surface area contributed by atoms with Gasteiger partial charge in [0.1, 0.15) is 0 Å². The summed E-state index contributed by atoms with van der Waals surface area (Å²) >= 11 is 0. The van der Waals surface area contributed by atoms with E-state index in [-0.39, 0.29) is 6.04 Å². The molecule has 0 aliphatic heterocycles. The molecule has 1 aromatic heterocycles. The van der Waals surface area contributed by atoms with Crippen LogP contribution in [0, 0.1) is 0 Å². The van der Waals surface area contributed by atoms with Crippen molar-refractivity contribution >= 4 is 0 Å². The van der Waals surface area contributed by atoms with Gasteiger partial charge in [0.05, 0.1) is 6.10 Å². The molecule has 0 amide bonds. The maximum atomic E-state index is 9.43. The summed E-state index contributed by atoms with van der Waals surface area (Å²) in [7, 11) is 0. The van der Waals surface area contributed by atoms with E-state index in [0.717, 1.165) is 5.56 Å². The molecule has 11 heavy (non-hydrogen) atoms. The highest BCUT2D eigenvalue weighted by Gasteiger charge is 2.10. The summed E-state index contributed by atoms with van der Waals surface area (Å²) in [6.45, 7) is 1.76. The Morgan fingerprint density at radius 3 is 2.82 bits per heavy atom. The smallest absolute Gasteiger partial charge is 0.0952 e. The molecule has 0 saturated heterocycles. The van der Waals surface area contributed by atoms with Crippen LogP contribution in [0.25, 0.3) is 0 Å². The first-order valence-corrected chi connectivity index (χ1v) is 3.55. The normalized spacial score (nSPS) is 15.9. The van der Waals surface area contributed by atoms with Crippen LogP contribution in [-0.2, 0) is 0 Å². The van der Waals surface area contributed by atoms with Crippen molar-refractivity contribution in [2.24, 2.45) is 5.73 Å². The molecule has 0 aromatic carbocycles. The number of aliphatic hydroxyl groups excluding tert-OH is 1. The van der Waals surface area contributed by atoms with E-state index in [1.165, 1.54) is 0 Å². The zero-order valence-electron chi connectivity index (χ0n) is 6.44. The molecular formula is C8H12N2O. The largest absolute Gasteiger partial charge is 0.387 e. The Kier molecular flexibility index (Phi) is 2.57. The van der Waals surface area contributed by atoms with Crippen molar-refractivity contribution in [2.75, 3.05) is 0 Å². The molecule has 1 rings (SSSR count). The lowest BCUT2D eigenvalue weighted by Crippen LogP contribution is -2.24. The van der Waals surface area contributed by atoms with Crippen LogP contribution >= 0.6 is 0 Å². The molecule has 1 heterocycles. The zero-order chi connectivity index (χ0) is 8.27. The molecule has 1 aromatic rings. The van der Waals surface area contributed by atoms with E-state index in [2.05, 4.69) is 4.98 Å². The molecule has 2 atom stereocenters. The summed E-state index contributed by atoms with van der Waals surface area (Å²) in [5.41, 5.74) is 6.26. The second-order valence-corrected chi connectivity index (χ2v) is 2.59. The first kappa shape index (κ1) is 8.17. The number of rotatable bonds is 2. The van der Waals surface area contributed by atoms with Crippen molar-refractivity contribution in [1.29, 1.82) is 0 Å². The van der Waals surface area contributed by atoms with Gasteiger partial charge < -0.3 is 10.8 Å². The molecule has 3 heteroatoms. The molecule has 0 spiro atoms. The highest BCUT2D eigenvalue weighted by Crippen LogP contribution is 2.12. The van der Waals surface area contributed by atoms with Crippen LogP contribution in [0.2, 0.25) is 0 Å². The minimum Gasteiger partial charge on any atom is -0.387 e. The lowest BCUT2D eigenvalue weighted by molar-refractivity contribution is 0.153. The van der Waals surface area contributed by atoms with E-state index >= 15 is 0 Å². The SMILES string of the molecule is C[C@H](N)[C@@H](O)c1cccnc1. The van der Waals surface area contributed by atoms with E-state index in [9.17, 15) is 5.11 Å². The van der Waals surface area contributed by atoms with E-state index in [1.54, 1.807) is 31.5 Å². The van der Waals surface area contributed by atoms with E-state index in [4.69, 9.17) is 5.73 Å².